The smallest absolute Gasteiger partial charge is 0.406 e. The van der Waals surface area contributed by atoms with Crippen LogP contribution >= 0.6 is 0 Å². The molecule has 1 atom stereocenters. The second-order valence-corrected chi connectivity index (χ2v) is 6.31. The minimum atomic E-state index is -4.74. The molecule has 1 aliphatic carbocycles. The molecule has 0 aromatic heterocycles. The Morgan fingerprint density at radius 1 is 1.19 bits per heavy atom. The number of carbonyl (C=O) groups is 1. The number of aliphatic hydroxyl groups is 1. The quantitative estimate of drug-likeness (QED) is 0.743. The van der Waals surface area contributed by atoms with E-state index in [-0.39, 0.29) is 18.2 Å². The Kier molecular flexibility index (Phi) is 5.55. The largest absolute Gasteiger partial charge is 0.573 e. The van der Waals surface area contributed by atoms with E-state index in [0.717, 1.165) is 17.5 Å². The number of carbonyl (C=O) groups excluding carboxylic acids is 1. The molecule has 1 amide bonds. The molecule has 1 unspecified atom stereocenters. The standard InChI is InChI=1S/C19H19F3N2O3/c20-19(21,22)27-15-8-5-13(6-9-15)23-11-18(26)24-17-3-1-2-12-4-7-14(25)10-16(12)17/h1-3,5-6,8-9,14,23,25H,4,7,10-11H2,(H,24,26). The molecule has 144 valence electrons. The van der Waals surface area contributed by atoms with Gasteiger partial charge in [0.2, 0.25) is 5.91 Å². The van der Waals surface area contributed by atoms with E-state index in [9.17, 15) is 23.1 Å². The summed E-state index contributed by atoms with van der Waals surface area (Å²) in [4.78, 5) is 12.2. The van der Waals surface area contributed by atoms with Crippen LogP contribution in [0.25, 0.3) is 0 Å². The molecule has 27 heavy (non-hydrogen) atoms. The fourth-order valence-corrected chi connectivity index (χ4v) is 3.04. The van der Waals surface area contributed by atoms with Crippen LogP contribution in [-0.4, -0.2) is 30.0 Å². The molecule has 2 aromatic carbocycles. The van der Waals surface area contributed by atoms with E-state index < -0.39 is 12.5 Å². The average Bonchev–Trinajstić information content (AvgIpc) is 2.60. The van der Waals surface area contributed by atoms with Crippen molar-refractivity contribution in [2.75, 3.05) is 17.2 Å². The average molecular weight is 380 g/mol. The number of rotatable bonds is 5. The molecule has 0 bridgehead atoms. The van der Waals surface area contributed by atoms with E-state index in [4.69, 9.17) is 0 Å². The van der Waals surface area contributed by atoms with Crippen LogP contribution in [0.5, 0.6) is 5.75 Å². The summed E-state index contributed by atoms with van der Waals surface area (Å²) >= 11 is 0. The number of aliphatic hydroxyl groups excluding tert-OH is 1. The first-order valence-electron chi connectivity index (χ1n) is 8.48. The van der Waals surface area contributed by atoms with Gasteiger partial charge in [0, 0.05) is 17.8 Å². The predicted octanol–water partition coefficient (Wildman–Crippen LogP) is 3.49. The number of fused-ring (bicyclic) bond motifs is 1. The van der Waals surface area contributed by atoms with E-state index in [1.807, 2.05) is 12.1 Å². The zero-order valence-electron chi connectivity index (χ0n) is 14.3. The van der Waals surface area contributed by atoms with E-state index >= 15 is 0 Å². The molecule has 0 radical (unpaired) electrons. The number of nitrogens with one attached hydrogen (secondary N) is 2. The molecule has 8 heteroatoms. The van der Waals surface area contributed by atoms with Gasteiger partial charge < -0.3 is 20.5 Å². The van der Waals surface area contributed by atoms with Gasteiger partial charge >= 0.3 is 6.36 Å². The summed E-state index contributed by atoms with van der Waals surface area (Å²) in [6, 6.07) is 10.8. The third-order valence-electron chi connectivity index (χ3n) is 4.27. The van der Waals surface area contributed by atoms with Crippen LogP contribution in [0.3, 0.4) is 0 Å². The van der Waals surface area contributed by atoms with Crippen molar-refractivity contribution in [1.82, 2.24) is 0 Å². The molecular formula is C19H19F3N2O3. The summed E-state index contributed by atoms with van der Waals surface area (Å²) in [5.74, 6) is -0.619. The maximum atomic E-state index is 12.2. The van der Waals surface area contributed by atoms with Gasteiger partial charge in [-0.2, -0.15) is 0 Å². The Morgan fingerprint density at radius 3 is 2.63 bits per heavy atom. The first-order chi connectivity index (χ1) is 12.8. The van der Waals surface area contributed by atoms with Crippen molar-refractivity contribution in [2.45, 2.75) is 31.7 Å². The lowest BCUT2D eigenvalue weighted by Gasteiger charge is -2.23. The second kappa shape index (κ2) is 7.87. The van der Waals surface area contributed by atoms with Crippen molar-refractivity contribution in [3.05, 3.63) is 53.6 Å². The zero-order chi connectivity index (χ0) is 19.4. The third-order valence-corrected chi connectivity index (χ3v) is 4.27. The van der Waals surface area contributed by atoms with Gasteiger partial charge in [0.05, 0.1) is 12.6 Å². The van der Waals surface area contributed by atoms with Crippen LogP contribution in [0.15, 0.2) is 42.5 Å². The number of aryl methyl sites for hydroxylation is 1. The highest BCUT2D eigenvalue weighted by Crippen LogP contribution is 2.28. The van der Waals surface area contributed by atoms with Gasteiger partial charge in [-0.15, -0.1) is 13.2 Å². The molecule has 0 aliphatic heterocycles. The van der Waals surface area contributed by atoms with Gasteiger partial charge in [-0.05, 0) is 54.3 Å². The van der Waals surface area contributed by atoms with Crippen molar-refractivity contribution in [3.63, 3.8) is 0 Å². The van der Waals surface area contributed by atoms with Crippen LogP contribution in [0.4, 0.5) is 24.5 Å². The minimum absolute atomic E-state index is 0.0499. The highest BCUT2D eigenvalue weighted by atomic mass is 19.4. The fraction of sp³-hybridized carbons (Fsp3) is 0.316. The molecule has 1 aliphatic rings. The lowest BCUT2D eigenvalue weighted by molar-refractivity contribution is -0.274. The van der Waals surface area contributed by atoms with Crippen LogP contribution in [-0.2, 0) is 17.6 Å². The fourth-order valence-electron chi connectivity index (χ4n) is 3.04. The van der Waals surface area contributed by atoms with Crippen molar-refractivity contribution in [1.29, 1.82) is 0 Å². The first-order valence-corrected chi connectivity index (χ1v) is 8.48. The first kappa shape index (κ1) is 19.0. The Hall–Kier alpha value is -2.74. The summed E-state index contributed by atoms with van der Waals surface area (Å²) < 4.78 is 40.2. The number of ether oxygens (including phenoxy) is 1. The Balaban J connectivity index is 1.56. The van der Waals surface area contributed by atoms with E-state index in [1.165, 1.54) is 24.3 Å². The van der Waals surface area contributed by atoms with Crippen molar-refractivity contribution >= 4 is 17.3 Å². The lowest BCUT2D eigenvalue weighted by Crippen LogP contribution is -2.25. The minimum Gasteiger partial charge on any atom is -0.406 e. The highest BCUT2D eigenvalue weighted by molar-refractivity contribution is 5.94. The highest BCUT2D eigenvalue weighted by Gasteiger charge is 2.30. The predicted molar refractivity (Wildman–Crippen MR) is 94.7 cm³/mol. The van der Waals surface area contributed by atoms with Crippen LogP contribution in [0.1, 0.15) is 17.5 Å². The van der Waals surface area contributed by atoms with Crippen LogP contribution in [0.2, 0.25) is 0 Å². The van der Waals surface area contributed by atoms with E-state index in [2.05, 4.69) is 15.4 Å². The molecule has 0 fully saturated rings. The summed E-state index contributed by atoms with van der Waals surface area (Å²) in [5.41, 5.74) is 3.22. The molecule has 2 aromatic rings. The van der Waals surface area contributed by atoms with Crippen molar-refractivity contribution < 1.29 is 27.8 Å². The molecule has 3 N–H and O–H groups in total. The third kappa shape index (κ3) is 5.37. The number of hydrogen-bond donors (Lipinski definition) is 3. The summed E-state index contributed by atoms with van der Waals surface area (Å²) in [6.45, 7) is -0.0499. The molecule has 0 saturated carbocycles. The Bertz CT molecular complexity index is 807. The molecule has 5 nitrogen and oxygen atoms in total. The van der Waals surface area contributed by atoms with Crippen LogP contribution < -0.4 is 15.4 Å². The van der Waals surface area contributed by atoms with E-state index in [0.29, 0.717) is 24.2 Å². The van der Waals surface area contributed by atoms with Gasteiger partial charge in [-0.25, -0.2) is 0 Å². The molecular weight excluding hydrogens is 361 g/mol. The number of halogens is 3. The number of hydrogen-bond acceptors (Lipinski definition) is 4. The van der Waals surface area contributed by atoms with Gasteiger partial charge in [0.25, 0.3) is 0 Å². The monoisotopic (exact) mass is 380 g/mol. The van der Waals surface area contributed by atoms with Crippen molar-refractivity contribution in [3.8, 4) is 5.75 Å². The summed E-state index contributed by atoms with van der Waals surface area (Å²) in [5, 5.41) is 15.5. The van der Waals surface area contributed by atoms with E-state index in [1.54, 1.807) is 6.07 Å². The molecule has 0 spiro atoms. The van der Waals surface area contributed by atoms with Gasteiger partial charge in [0.15, 0.2) is 0 Å². The summed E-state index contributed by atoms with van der Waals surface area (Å²) in [6.07, 6.45) is -3.17. The SMILES string of the molecule is O=C(CNc1ccc(OC(F)(F)F)cc1)Nc1cccc2c1CC(O)CC2. The normalized spacial score (nSPS) is 16.4. The van der Waals surface area contributed by atoms with Crippen LogP contribution in [0, 0.1) is 0 Å². The maximum absolute atomic E-state index is 12.2. The van der Waals surface area contributed by atoms with Gasteiger partial charge in [0.1, 0.15) is 5.75 Å². The number of alkyl halides is 3. The van der Waals surface area contributed by atoms with Gasteiger partial charge in [-0.1, -0.05) is 12.1 Å². The number of amides is 1. The van der Waals surface area contributed by atoms with Crippen molar-refractivity contribution in [2.24, 2.45) is 0 Å². The topological polar surface area (TPSA) is 70.6 Å². The molecule has 0 heterocycles. The molecule has 3 rings (SSSR count). The zero-order valence-corrected chi connectivity index (χ0v) is 14.3. The van der Waals surface area contributed by atoms with Gasteiger partial charge in [-0.3, -0.25) is 4.79 Å². The maximum Gasteiger partial charge on any atom is 0.573 e. The Labute approximate surface area is 154 Å². The summed E-state index contributed by atoms with van der Waals surface area (Å²) in [7, 11) is 0. The lowest BCUT2D eigenvalue weighted by atomic mass is 9.88. The number of anilines is 2. The molecule has 0 saturated heterocycles. The number of benzene rings is 2. The second-order valence-electron chi connectivity index (χ2n) is 6.31. The Morgan fingerprint density at radius 2 is 1.93 bits per heavy atom.